The average Bonchev–Trinajstić information content (AvgIpc) is 4.18. The van der Waals surface area contributed by atoms with Gasteiger partial charge in [0.05, 0.1) is 19.1 Å². The van der Waals surface area contributed by atoms with Gasteiger partial charge in [0.2, 0.25) is 53.2 Å². The number of carbonyl (C=O) groups is 9. The van der Waals surface area contributed by atoms with Crippen LogP contribution in [0.4, 0.5) is 0 Å². The van der Waals surface area contributed by atoms with Gasteiger partial charge in [-0.15, -0.1) is 0 Å². The molecule has 22 heteroatoms. The zero-order valence-electron chi connectivity index (χ0n) is 40.2. The van der Waals surface area contributed by atoms with E-state index >= 15 is 0 Å². The molecule has 71 heavy (non-hydrogen) atoms. The quantitative estimate of drug-likeness (QED) is 0.0775. The van der Waals surface area contributed by atoms with Gasteiger partial charge in [-0.3, -0.25) is 48.1 Å². The van der Waals surface area contributed by atoms with E-state index in [0.717, 1.165) is 5.56 Å². The first-order valence-electron chi connectivity index (χ1n) is 24.7. The highest BCUT2D eigenvalue weighted by atomic mass is 16.2. The van der Waals surface area contributed by atoms with Gasteiger partial charge in [-0.05, 0) is 81.8 Å². The van der Waals surface area contributed by atoms with Crippen LogP contribution in [0.15, 0.2) is 65.7 Å². The van der Waals surface area contributed by atoms with Gasteiger partial charge in [0.15, 0.2) is 5.96 Å². The molecule has 0 saturated carbocycles. The second-order valence-electron chi connectivity index (χ2n) is 18.5. The molecule has 22 nitrogen and oxygen atoms in total. The molecule has 2 aromatic rings. The maximum atomic E-state index is 14.2. The first kappa shape index (κ1) is 53.3. The van der Waals surface area contributed by atoms with Crippen LogP contribution in [0.25, 0.3) is 0 Å². The molecule has 6 rings (SSSR count). The zero-order chi connectivity index (χ0) is 50.9. The Bertz CT molecular complexity index is 2250. The number of nitrogens with two attached hydrogens (primary N) is 3. The summed E-state index contributed by atoms with van der Waals surface area (Å²) in [4.78, 5) is 133. The number of aliphatic imine (C=N–C) groups is 1. The van der Waals surface area contributed by atoms with Crippen LogP contribution in [0.3, 0.4) is 0 Å². The minimum atomic E-state index is -1.17. The molecule has 0 unspecified atom stereocenters. The third-order valence-corrected chi connectivity index (χ3v) is 13.4. The number of nitrogens with zero attached hydrogens (tertiary/aromatic N) is 4. The number of hydrogen-bond acceptors (Lipinski definition) is 11. The number of guanidine groups is 1. The van der Waals surface area contributed by atoms with Crippen molar-refractivity contribution in [3.63, 3.8) is 0 Å². The van der Waals surface area contributed by atoms with Crippen LogP contribution >= 0.6 is 0 Å². The number of benzene rings is 2. The molecule has 2 aromatic carbocycles. The van der Waals surface area contributed by atoms with E-state index < -0.39 is 103 Å². The van der Waals surface area contributed by atoms with Gasteiger partial charge in [-0.2, -0.15) is 0 Å². The molecule has 4 aliphatic heterocycles. The number of hydrogen-bond donors (Lipinski definition) is 9. The number of amides is 9. The van der Waals surface area contributed by atoms with Crippen molar-refractivity contribution in [2.45, 2.75) is 126 Å². The lowest BCUT2D eigenvalue weighted by Crippen LogP contribution is -2.57. The van der Waals surface area contributed by atoms with Crippen molar-refractivity contribution in [1.29, 1.82) is 0 Å². The molecule has 384 valence electrons. The van der Waals surface area contributed by atoms with Crippen molar-refractivity contribution in [3.05, 3.63) is 71.8 Å². The smallest absolute Gasteiger partial charge is 0.246 e. The van der Waals surface area contributed by atoms with Crippen molar-refractivity contribution >= 4 is 59.1 Å². The number of nitrogens with one attached hydrogen (secondary N) is 6. The average molecular weight is 984 g/mol. The monoisotopic (exact) mass is 984 g/mol. The lowest BCUT2D eigenvalue weighted by Gasteiger charge is -2.32. The largest absolute Gasteiger partial charge is 0.370 e. The van der Waals surface area contributed by atoms with Gasteiger partial charge in [-0.1, -0.05) is 60.7 Å². The standard InChI is InChI=1S/C49H69N13O9/c50-33-17-7-8-22-53-42(65)34(18-9-23-54-49(51)52)58-44(67)36(28-32-15-5-2-6-16-32)59-46(69)38-20-10-24-60(38)41(64)30-56-43(66)35(27-31-13-3-1-4-14-31)57-40(63)29-55-45(68)37-19-11-25-61(37)48(71)39-21-12-26-62(39)47(33)70/h1-6,13-16,33-39H,7-12,17-30,50H2,(H,53,65)(H,55,68)(H,56,66)(H,57,63)(H,58,67)(H,59,69)(H4,51,52,54)/t33-,34+,35+,36+,37+,38+,39+/m1/s1. The molecule has 4 aliphatic rings. The summed E-state index contributed by atoms with van der Waals surface area (Å²) in [6, 6.07) is 10.9. The Morgan fingerprint density at radius 3 is 1.70 bits per heavy atom. The second kappa shape index (κ2) is 26.2. The Hall–Kier alpha value is -7.10. The molecular formula is C49H69N13O9. The van der Waals surface area contributed by atoms with E-state index in [1.165, 1.54) is 14.7 Å². The van der Waals surface area contributed by atoms with Crippen molar-refractivity contribution in [2.75, 3.05) is 45.8 Å². The third kappa shape index (κ3) is 15.2. The normalized spacial score (nSPS) is 26.4. The lowest BCUT2D eigenvalue weighted by molar-refractivity contribution is -0.147. The fourth-order valence-corrected chi connectivity index (χ4v) is 9.63. The first-order chi connectivity index (χ1) is 34.2. The van der Waals surface area contributed by atoms with Crippen LogP contribution in [-0.2, 0) is 56.0 Å². The van der Waals surface area contributed by atoms with Crippen LogP contribution in [-0.4, -0.2) is 162 Å². The SMILES string of the molecule is NC(N)=NCCC[C@@H]1NC(=O)[C@H](Cc2ccccc2)NC(=O)[C@@H]2CCCN2C(=O)CNC(=O)[C@H](Cc2ccccc2)NC(=O)CNC(=O)[C@@H]2CCCN2C(=O)[C@@H]2CCCN2C(=O)[C@H](N)CCCCNC1=O. The molecule has 12 N–H and O–H groups in total. The zero-order valence-corrected chi connectivity index (χ0v) is 40.2. The number of carbonyl (C=O) groups excluding carboxylic acids is 9. The Labute approximate surface area is 413 Å². The molecule has 4 heterocycles. The Balaban J connectivity index is 1.23. The van der Waals surface area contributed by atoms with Gasteiger partial charge in [0.25, 0.3) is 0 Å². The Kier molecular flexibility index (Phi) is 19.7. The Morgan fingerprint density at radius 2 is 1.07 bits per heavy atom. The molecule has 0 aliphatic carbocycles. The van der Waals surface area contributed by atoms with Gasteiger partial charge in [0.1, 0.15) is 36.3 Å². The summed E-state index contributed by atoms with van der Waals surface area (Å²) in [5, 5.41) is 16.4. The molecule has 0 bridgehead atoms. The Morgan fingerprint density at radius 1 is 0.535 bits per heavy atom. The van der Waals surface area contributed by atoms with E-state index in [1.807, 2.05) is 6.07 Å². The second-order valence-corrected chi connectivity index (χ2v) is 18.5. The van der Waals surface area contributed by atoms with Crippen LogP contribution in [0.5, 0.6) is 0 Å². The highest BCUT2D eigenvalue weighted by molar-refractivity contribution is 5.97. The minimum Gasteiger partial charge on any atom is -0.370 e. The molecule has 0 radical (unpaired) electrons. The fraction of sp³-hybridized carbons (Fsp3) is 0.551. The van der Waals surface area contributed by atoms with Gasteiger partial charge < -0.3 is 63.8 Å². The summed E-state index contributed by atoms with van der Waals surface area (Å²) in [5.74, 6) is -5.10. The molecule has 4 saturated heterocycles. The molecule has 0 spiro atoms. The summed E-state index contributed by atoms with van der Waals surface area (Å²) in [6.07, 6.45) is 4.32. The van der Waals surface area contributed by atoms with Crippen molar-refractivity contribution in [2.24, 2.45) is 22.2 Å². The maximum absolute atomic E-state index is 14.2. The summed E-state index contributed by atoms with van der Waals surface area (Å²) in [6.45, 7) is 0.173. The van der Waals surface area contributed by atoms with Crippen LogP contribution in [0, 0.1) is 0 Å². The highest BCUT2D eigenvalue weighted by Gasteiger charge is 2.43. The predicted octanol–water partition coefficient (Wildman–Crippen LogP) is -2.19. The molecule has 9 amide bonds. The van der Waals surface area contributed by atoms with E-state index in [1.54, 1.807) is 54.6 Å². The minimum absolute atomic E-state index is 0.0458. The third-order valence-electron chi connectivity index (χ3n) is 13.4. The van der Waals surface area contributed by atoms with Crippen LogP contribution in [0.2, 0.25) is 0 Å². The lowest BCUT2D eigenvalue weighted by atomic mass is 10.0. The number of rotatable bonds is 8. The van der Waals surface area contributed by atoms with E-state index in [2.05, 4.69) is 36.9 Å². The van der Waals surface area contributed by atoms with E-state index in [9.17, 15) is 43.2 Å². The maximum Gasteiger partial charge on any atom is 0.246 e. The van der Waals surface area contributed by atoms with Crippen LogP contribution in [0.1, 0.15) is 81.8 Å². The highest BCUT2D eigenvalue weighted by Crippen LogP contribution is 2.26. The van der Waals surface area contributed by atoms with Crippen molar-refractivity contribution in [1.82, 2.24) is 46.6 Å². The molecule has 0 aromatic heterocycles. The summed E-state index contributed by atoms with van der Waals surface area (Å²) < 4.78 is 0. The summed E-state index contributed by atoms with van der Waals surface area (Å²) in [7, 11) is 0. The van der Waals surface area contributed by atoms with Gasteiger partial charge in [0, 0.05) is 45.6 Å². The van der Waals surface area contributed by atoms with Crippen molar-refractivity contribution < 1.29 is 43.2 Å². The molecule has 4 fully saturated rings. The van der Waals surface area contributed by atoms with E-state index in [4.69, 9.17) is 17.2 Å². The summed E-state index contributed by atoms with van der Waals surface area (Å²) in [5.41, 5.74) is 18.9. The van der Waals surface area contributed by atoms with Crippen LogP contribution < -0.4 is 49.1 Å². The molecular weight excluding hydrogens is 915 g/mol. The summed E-state index contributed by atoms with van der Waals surface area (Å²) >= 11 is 0. The molecule has 7 atom stereocenters. The first-order valence-corrected chi connectivity index (χ1v) is 24.7. The van der Waals surface area contributed by atoms with Gasteiger partial charge >= 0.3 is 0 Å². The van der Waals surface area contributed by atoms with E-state index in [0.29, 0.717) is 63.5 Å². The number of fused-ring (bicyclic) bond motifs is 3. The fourth-order valence-electron chi connectivity index (χ4n) is 9.63. The predicted molar refractivity (Wildman–Crippen MR) is 261 cm³/mol. The van der Waals surface area contributed by atoms with Crippen molar-refractivity contribution in [3.8, 4) is 0 Å². The van der Waals surface area contributed by atoms with E-state index in [-0.39, 0.29) is 70.1 Å². The van der Waals surface area contributed by atoms with Gasteiger partial charge in [-0.25, -0.2) is 0 Å². The topological polar surface area (TPSA) is 326 Å².